The summed E-state index contributed by atoms with van der Waals surface area (Å²) >= 11 is 0. The molecule has 0 bridgehead atoms. The van der Waals surface area contributed by atoms with Crippen LogP contribution in [0.15, 0.2) is 30.6 Å². The van der Waals surface area contributed by atoms with Crippen LogP contribution in [0.1, 0.15) is 58.4 Å². The molecule has 5 rings (SSSR count). The number of carbonyl (C=O) groups is 2. The Morgan fingerprint density at radius 2 is 1.76 bits per heavy atom. The maximum Gasteiger partial charge on any atom is 0.248 e. The standard InChI is InChI=1S/C24H28F2N4O3/c1-14-22(16-7-9-24(25,26)10-8-16)30(23(32)33)21-11-17(3-6-20(21)29(14)15(2)31)18-12-27-28(13-18)19-4-5-19/h3,6,11-14,16,19,22H,4-5,7-10H2,1-2H3,(H,32,33)/p-1/t14-,22?/m0/s1. The molecule has 2 aromatic rings. The van der Waals surface area contributed by atoms with E-state index in [1.54, 1.807) is 30.2 Å². The first-order valence-electron chi connectivity index (χ1n) is 11.5. The van der Waals surface area contributed by atoms with Crippen LogP contribution in [0.5, 0.6) is 0 Å². The average molecular weight is 458 g/mol. The molecule has 33 heavy (non-hydrogen) atoms. The lowest BCUT2D eigenvalue weighted by Crippen LogP contribution is -2.63. The third-order valence-corrected chi connectivity index (χ3v) is 7.33. The number of nitrogens with zero attached hydrogens (tertiary/aromatic N) is 4. The first-order chi connectivity index (χ1) is 15.7. The summed E-state index contributed by atoms with van der Waals surface area (Å²) in [5.41, 5.74) is 2.46. The van der Waals surface area contributed by atoms with E-state index >= 15 is 0 Å². The SMILES string of the molecule is CC(=O)N1c2ccc(-c3cnn(C4CC4)c3)cc2N(C(=O)[O-])C(C2CCC(F)(F)CC2)[C@@H]1C. The molecule has 0 radical (unpaired) electrons. The van der Waals surface area contributed by atoms with Crippen molar-refractivity contribution >= 4 is 23.4 Å². The van der Waals surface area contributed by atoms with Gasteiger partial charge in [0.05, 0.1) is 35.7 Å². The molecule has 2 aliphatic carbocycles. The Morgan fingerprint density at radius 3 is 2.36 bits per heavy atom. The number of halogens is 2. The lowest BCUT2D eigenvalue weighted by molar-refractivity contribution is -0.247. The Bertz CT molecular complexity index is 1090. The molecule has 2 atom stereocenters. The molecule has 1 aliphatic heterocycles. The highest BCUT2D eigenvalue weighted by atomic mass is 19.3. The van der Waals surface area contributed by atoms with E-state index in [2.05, 4.69) is 5.10 Å². The molecule has 3 aliphatic rings. The number of aromatic nitrogens is 2. The molecule has 176 valence electrons. The zero-order valence-corrected chi connectivity index (χ0v) is 18.7. The molecule has 1 aromatic carbocycles. The summed E-state index contributed by atoms with van der Waals surface area (Å²) in [4.78, 5) is 27.8. The van der Waals surface area contributed by atoms with Gasteiger partial charge in [-0.2, -0.15) is 5.10 Å². The lowest BCUT2D eigenvalue weighted by Gasteiger charge is -2.51. The Labute approximate surface area is 191 Å². The molecule has 0 saturated heterocycles. The van der Waals surface area contributed by atoms with Gasteiger partial charge in [0.25, 0.3) is 0 Å². The van der Waals surface area contributed by atoms with Crippen LogP contribution >= 0.6 is 0 Å². The second-order valence-corrected chi connectivity index (χ2v) is 9.59. The molecular formula is C24H27F2N4O3-. The van der Waals surface area contributed by atoms with Crippen LogP contribution in [0.2, 0.25) is 0 Å². The number of hydrogen-bond donors (Lipinski definition) is 0. The predicted molar refractivity (Wildman–Crippen MR) is 117 cm³/mol. The third-order valence-electron chi connectivity index (χ3n) is 7.33. The molecule has 7 nitrogen and oxygen atoms in total. The summed E-state index contributed by atoms with van der Waals surface area (Å²) in [5.74, 6) is -3.25. The van der Waals surface area contributed by atoms with Crippen molar-refractivity contribution in [3.8, 4) is 11.1 Å². The Morgan fingerprint density at radius 1 is 1.06 bits per heavy atom. The minimum atomic E-state index is -2.73. The molecule has 2 fully saturated rings. The number of amides is 2. The molecule has 0 spiro atoms. The van der Waals surface area contributed by atoms with Gasteiger partial charge >= 0.3 is 0 Å². The van der Waals surface area contributed by atoms with E-state index < -0.39 is 24.1 Å². The van der Waals surface area contributed by atoms with Crippen molar-refractivity contribution < 1.29 is 23.5 Å². The van der Waals surface area contributed by atoms with E-state index in [1.165, 1.54) is 11.8 Å². The van der Waals surface area contributed by atoms with Gasteiger partial charge in [0.1, 0.15) is 6.09 Å². The minimum absolute atomic E-state index is 0.195. The highest BCUT2D eigenvalue weighted by molar-refractivity contribution is 6.03. The molecule has 2 amide bonds. The van der Waals surface area contributed by atoms with Gasteiger partial charge in [-0.05, 0) is 56.2 Å². The van der Waals surface area contributed by atoms with Gasteiger partial charge < -0.3 is 19.7 Å². The summed E-state index contributed by atoms with van der Waals surface area (Å²) in [5, 5.41) is 16.8. The molecule has 0 N–H and O–H groups in total. The lowest BCUT2D eigenvalue weighted by atomic mass is 9.77. The quantitative estimate of drug-likeness (QED) is 0.698. The fourth-order valence-electron chi connectivity index (χ4n) is 5.56. The number of rotatable bonds is 3. The van der Waals surface area contributed by atoms with Crippen molar-refractivity contribution in [3.63, 3.8) is 0 Å². The number of alkyl halides is 2. The molecule has 1 unspecified atom stereocenters. The molecule has 2 heterocycles. The van der Waals surface area contributed by atoms with Gasteiger partial charge in [-0.3, -0.25) is 9.48 Å². The zero-order chi connectivity index (χ0) is 23.5. The number of carboxylic acid groups (broad SMARTS) is 1. The maximum absolute atomic E-state index is 13.8. The van der Waals surface area contributed by atoms with Crippen LogP contribution in [-0.2, 0) is 4.79 Å². The topological polar surface area (TPSA) is 81.5 Å². The van der Waals surface area contributed by atoms with E-state index in [0.29, 0.717) is 17.4 Å². The fraction of sp³-hybridized carbons (Fsp3) is 0.542. The van der Waals surface area contributed by atoms with Crippen LogP contribution < -0.4 is 14.9 Å². The van der Waals surface area contributed by atoms with Crippen LogP contribution in [0.4, 0.5) is 25.0 Å². The van der Waals surface area contributed by atoms with Crippen molar-refractivity contribution in [1.29, 1.82) is 0 Å². The Hall–Kier alpha value is -2.97. The van der Waals surface area contributed by atoms with Gasteiger partial charge in [-0.25, -0.2) is 8.78 Å². The first kappa shape index (κ1) is 21.9. The second kappa shape index (κ2) is 7.81. The molecule has 1 aromatic heterocycles. The maximum atomic E-state index is 13.8. The molecule has 9 heteroatoms. The van der Waals surface area contributed by atoms with Crippen molar-refractivity contribution in [2.24, 2.45) is 5.92 Å². The van der Waals surface area contributed by atoms with Crippen molar-refractivity contribution in [3.05, 3.63) is 30.6 Å². The van der Waals surface area contributed by atoms with Gasteiger partial charge in [0, 0.05) is 31.5 Å². The summed E-state index contributed by atoms with van der Waals surface area (Å²) in [6.45, 7) is 3.22. The van der Waals surface area contributed by atoms with Crippen molar-refractivity contribution in [1.82, 2.24) is 9.78 Å². The van der Waals surface area contributed by atoms with Crippen LogP contribution in [0, 0.1) is 5.92 Å². The third kappa shape index (κ3) is 3.87. The number of carbonyl (C=O) groups excluding carboxylic acids is 2. The van der Waals surface area contributed by atoms with Gasteiger partial charge in [0.15, 0.2) is 0 Å². The Kier molecular flexibility index (Phi) is 5.17. The first-order valence-corrected chi connectivity index (χ1v) is 11.5. The molecule has 2 saturated carbocycles. The predicted octanol–water partition coefficient (Wildman–Crippen LogP) is 3.98. The summed E-state index contributed by atoms with van der Waals surface area (Å²) in [6.07, 6.45) is 4.32. The second-order valence-electron chi connectivity index (χ2n) is 9.59. The van der Waals surface area contributed by atoms with Gasteiger partial charge in [0.2, 0.25) is 11.8 Å². The van der Waals surface area contributed by atoms with Crippen molar-refractivity contribution in [2.75, 3.05) is 9.80 Å². The normalized spacial score (nSPS) is 25.1. The number of anilines is 2. The van der Waals surface area contributed by atoms with Gasteiger partial charge in [-0.1, -0.05) is 6.07 Å². The van der Waals surface area contributed by atoms with Crippen LogP contribution in [-0.4, -0.2) is 39.8 Å². The largest absolute Gasteiger partial charge is 0.530 e. The summed E-state index contributed by atoms with van der Waals surface area (Å²) in [6, 6.07) is 4.59. The fourth-order valence-corrected chi connectivity index (χ4v) is 5.56. The minimum Gasteiger partial charge on any atom is -0.530 e. The van der Waals surface area contributed by atoms with Crippen LogP contribution in [0.3, 0.4) is 0 Å². The highest BCUT2D eigenvalue weighted by Crippen LogP contribution is 2.47. The molecular weight excluding hydrogens is 430 g/mol. The zero-order valence-electron chi connectivity index (χ0n) is 18.7. The highest BCUT2D eigenvalue weighted by Gasteiger charge is 2.46. The monoisotopic (exact) mass is 457 g/mol. The number of fused-ring (bicyclic) bond motifs is 1. The van der Waals surface area contributed by atoms with Crippen molar-refractivity contribution in [2.45, 2.75) is 76.4 Å². The summed E-state index contributed by atoms with van der Waals surface area (Å²) < 4.78 is 29.6. The Balaban J connectivity index is 1.57. The average Bonchev–Trinajstić information content (AvgIpc) is 3.49. The number of hydrogen-bond acceptors (Lipinski definition) is 4. The number of benzene rings is 1. The van der Waals surface area contributed by atoms with E-state index in [0.717, 1.165) is 24.0 Å². The summed E-state index contributed by atoms with van der Waals surface area (Å²) in [7, 11) is 0. The van der Waals surface area contributed by atoms with E-state index in [9.17, 15) is 23.5 Å². The smallest absolute Gasteiger partial charge is 0.248 e. The van der Waals surface area contributed by atoms with Crippen LogP contribution in [0.25, 0.3) is 11.1 Å². The van der Waals surface area contributed by atoms with E-state index in [1.807, 2.05) is 16.9 Å². The van der Waals surface area contributed by atoms with E-state index in [4.69, 9.17) is 0 Å². The van der Waals surface area contributed by atoms with E-state index in [-0.39, 0.29) is 37.5 Å². The van der Waals surface area contributed by atoms with Gasteiger partial charge in [-0.15, -0.1) is 0 Å².